The highest BCUT2D eigenvalue weighted by molar-refractivity contribution is 7.99. The molecular formula is C11H10F3N3OS. The van der Waals surface area contributed by atoms with E-state index in [4.69, 9.17) is 4.52 Å². The summed E-state index contributed by atoms with van der Waals surface area (Å²) in [5.41, 5.74) is -0.766. The summed E-state index contributed by atoms with van der Waals surface area (Å²) in [5, 5.41) is 3.95. The molecule has 2 aromatic heterocycles. The van der Waals surface area contributed by atoms with Gasteiger partial charge in [0.1, 0.15) is 0 Å². The number of nitrogens with zero attached hydrogens (tertiary/aromatic N) is 3. The van der Waals surface area contributed by atoms with Crippen LogP contribution in [0.4, 0.5) is 13.2 Å². The lowest BCUT2D eigenvalue weighted by Crippen LogP contribution is -2.05. The zero-order valence-corrected chi connectivity index (χ0v) is 10.9. The monoisotopic (exact) mass is 289 g/mol. The molecule has 0 aliphatic heterocycles. The van der Waals surface area contributed by atoms with Crippen molar-refractivity contribution >= 4 is 11.8 Å². The number of aryl methyl sites for hydroxylation is 1. The lowest BCUT2D eigenvalue weighted by molar-refractivity contribution is -0.137. The predicted octanol–water partition coefficient (Wildman–Crippen LogP) is 3.65. The minimum atomic E-state index is -4.37. The van der Waals surface area contributed by atoms with E-state index in [1.807, 2.05) is 6.92 Å². The standard InChI is InChI=1S/C11H10F3N3OS/c1-6(10-16-7(2)17-18-10)19-9-4-3-8(5-15-9)11(12,13)14/h3-6H,1-2H3/t6-/m0/s1. The topological polar surface area (TPSA) is 51.8 Å². The van der Waals surface area contributed by atoms with Crippen molar-refractivity contribution in [3.63, 3.8) is 0 Å². The summed E-state index contributed by atoms with van der Waals surface area (Å²) in [6.45, 7) is 3.51. The van der Waals surface area contributed by atoms with Gasteiger partial charge in [-0.2, -0.15) is 18.2 Å². The zero-order chi connectivity index (χ0) is 14.0. The van der Waals surface area contributed by atoms with E-state index in [-0.39, 0.29) is 5.25 Å². The van der Waals surface area contributed by atoms with Crippen molar-refractivity contribution in [2.75, 3.05) is 0 Å². The van der Waals surface area contributed by atoms with Crippen molar-refractivity contribution in [1.29, 1.82) is 0 Å². The molecule has 0 aliphatic rings. The van der Waals surface area contributed by atoms with E-state index in [1.165, 1.54) is 17.8 Å². The summed E-state index contributed by atoms with van der Waals surface area (Å²) in [5.74, 6) is 0.937. The van der Waals surface area contributed by atoms with Crippen LogP contribution in [0.3, 0.4) is 0 Å². The second-order valence-corrected chi connectivity index (χ2v) is 5.18. The van der Waals surface area contributed by atoms with Gasteiger partial charge < -0.3 is 4.52 Å². The predicted molar refractivity (Wildman–Crippen MR) is 62.5 cm³/mol. The highest BCUT2D eigenvalue weighted by atomic mass is 32.2. The second-order valence-electron chi connectivity index (χ2n) is 3.82. The van der Waals surface area contributed by atoms with Crippen molar-refractivity contribution in [3.05, 3.63) is 35.6 Å². The van der Waals surface area contributed by atoms with Crippen LogP contribution in [-0.4, -0.2) is 15.1 Å². The van der Waals surface area contributed by atoms with Gasteiger partial charge in [-0.15, -0.1) is 0 Å². The molecule has 0 fully saturated rings. The number of aromatic nitrogens is 3. The van der Waals surface area contributed by atoms with Crippen LogP contribution in [0.5, 0.6) is 0 Å². The van der Waals surface area contributed by atoms with Crippen LogP contribution >= 0.6 is 11.8 Å². The first-order valence-electron chi connectivity index (χ1n) is 5.36. The van der Waals surface area contributed by atoms with Crippen LogP contribution in [0.15, 0.2) is 27.9 Å². The summed E-state index contributed by atoms with van der Waals surface area (Å²) in [7, 11) is 0. The molecule has 0 amide bonds. The van der Waals surface area contributed by atoms with Crippen LogP contribution in [0.1, 0.15) is 29.5 Å². The lowest BCUT2D eigenvalue weighted by atomic mass is 10.3. The number of pyridine rings is 1. The fourth-order valence-corrected chi connectivity index (χ4v) is 2.15. The smallest absolute Gasteiger partial charge is 0.338 e. The molecule has 0 bridgehead atoms. The normalized spacial score (nSPS) is 13.5. The van der Waals surface area contributed by atoms with E-state index in [2.05, 4.69) is 15.1 Å². The summed E-state index contributed by atoms with van der Waals surface area (Å²) in [6.07, 6.45) is -3.56. The molecule has 0 aromatic carbocycles. The van der Waals surface area contributed by atoms with Crippen LogP contribution in [-0.2, 0) is 6.18 Å². The minimum Gasteiger partial charge on any atom is -0.338 e. The average Bonchev–Trinajstić information content (AvgIpc) is 2.75. The molecule has 8 heteroatoms. The average molecular weight is 289 g/mol. The van der Waals surface area contributed by atoms with Crippen LogP contribution in [0.2, 0.25) is 0 Å². The molecule has 1 atom stereocenters. The van der Waals surface area contributed by atoms with Crippen LogP contribution < -0.4 is 0 Å². The highest BCUT2D eigenvalue weighted by Gasteiger charge is 2.30. The third kappa shape index (κ3) is 3.46. The van der Waals surface area contributed by atoms with E-state index >= 15 is 0 Å². The number of alkyl halides is 3. The third-order valence-corrected chi connectivity index (χ3v) is 3.29. The molecule has 19 heavy (non-hydrogen) atoms. The molecule has 0 N–H and O–H groups in total. The molecule has 0 radical (unpaired) electrons. The van der Waals surface area contributed by atoms with Crippen molar-refractivity contribution < 1.29 is 17.7 Å². The summed E-state index contributed by atoms with van der Waals surface area (Å²) in [6, 6.07) is 2.33. The molecular weight excluding hydrogens is 279 g/mol. The lowest BCUT2D eigenvalue weighted by Gasteiger charge is -2.08. The van der Waals surface area contributed by atoms with Crippen molar-refractivity contribution in [2.45, 2.75) is 30.3 Å². The third-order valence-electron chi connectivity index (χ3n) is 2.25. The van der Waals surface area contributed by atoms with Gasteiger partial charge in [0.15, 0.2) is 5.82 Å². The van der Waals surface area contributed by atoms with E-state index in [1.54, 1.807) is 6.92 Å². The molecule has 0 saturated heterocycles. The van der Waals surface area contributed by atoms with Gasteiger partial charge in [0, 0.05) is 6.20 Å². The largest absolute Gasteiger partial charge is 0.417 e. The van der Waals surface area contributed by atoms with E-state index in [0.29, 0.717) is 16.7 Å². The molecule has 2 heterocycles. The molecule has 0 aliphatic carbocycles. The fraction of sp³-hybridized carbons (Fsp3) is 0.364. The quantitative estimate of drug-likeness (QED) is 0.807. The Kier molecular flexibility index (Phi) is 3.79. The Labute approximate surface area is 111 Å². The SMILES string of the molecule is Cc1noc([C@H](C)Sc2ccc(C(F)(F)F)cn2)n1. The maximum absolute atomic E-state index is 12.4. The molecule has 4 nitrogen and oxygen atoms in total. The molecule has 102 valence electrons. The van der Waals surface area contributed by atoms with Crippen LogP contribution in [0.25, 0.3) is 0 Å². The van der Waals surface area contributed by atoms with Gasteiger partial charge in [-0.1, -0.05) is 16.9 Å². The summed E-state index contributed by atoms with van der Waals surface area (Å²) in [4.78, 5) is 7.83. The first-order chi connectivity index (χ1) is 8.86. The van der Waals surface area contributed by atoms with Gasteiger partial charge >= 0.3 is 6.18 Å². The van der Waals surface area contributed by atoms with Gasteiger partial charge in [0.05, 0.1) is 15.8 Å². The van der Waals surface area contributed by atoms with Gasteiger partial charge in [-0.05, 0) is 26.0 Å². The highest BCUT2D eigenvalue weighted by Crippen LogP contribution is 2.34. The molecule has 0 spiro atoms. The van der Waals surface area contributed by atoms with Crippen molar-refractivity contribution in [3.8, 4) is 0 Å². The van der Waals surface area contributed by atoms with E-state index < -0.39 is 11.7 Å². The number of hydrogen-bond acceptors (Lipinski definition) is 5. The Hall–Kier alpha value is -1.57. The fourth-order valence-electron chi connectivity index (χ4n) is 1.33. The Morgan fingerprint density at radius 1 is 1.32 bits per heavy atom. The van der Waals surface area contributed by atoms with Gasteiger partial charge in [-0.3, -0.25) is 0 Å². The number of hydrogen-bond donors (Lipinski definition) is 0. The Bertz CT molecular complexity index is 553. The molecule has 2 aromatic rings. The zero-order valence-electron chi connectivity index (χ0n) is 10.1. The number of thioether (sulfide) groups is 1. The number of halogens is 3. The molecule has 0 unspecified atom stereocenters. The van der Waals surface area contributed by atoms with E-state index in [0.717, 1.165) is 12.3 Å². The van der Waals surface area contributed by atoms with Gasteiger partial charge in [0.2, 0.25) is 5.89 Å². The Balaban J connectivity index is 2.07. The Morgan fingerprint density at radius 3 is 2.53 bits per heavy atom. The Morgan fingerprint density at radius 2 is 2.05 bits per heavy atom. The first kappa shape index (κ1) is 13.9. The van der Waals surface area contributed by atoms with Gasteiger partial charge in [-0.25, -0.2) is 4.98 Å². The summed E-state index contributed by atoms with van der Waals surface area (Å²) < 4.78 is 42.1. The first-order valence-corrected chi connectivity index (χ1v) is 6.24. The maximum atomic E-state index is 12.4. The minimum absolute atomic E-state index is 0.176. The van der Waals surface area contributed by atoms with Gasteiger partial charge in [0.25, 0.3) is 0 Å². The van der Waals surface area contributed by atoms with Crippen LogP contribution in [0, 0.1) is 6.92 Å². The van der Waals surface area contributed by atoms with Crippen molar-refractivity contribution in [2.24, 2.45) is 0 Å². The molecule has 2 rings (SSSR count). The number of rotatable bonds is 3. The van der Waals surface area contributed by atoms with E-state index in [9.17, 15) is 13.2 Å². The molecule has 0 saturated carbocycles. The second kappa shape index (κ2) is 5.20. The van der Waals surface area contributed by atoms with Crippen molar-refractivity contribution in [1.82, 2.24) is 15.1 Å². The maximum Gasteiger partial charge on any atom is 0.417 e. The summed E-state index contributed by atoms with van der Waals surface area (Å²) >= 11 is 1.25.